The molecule has 2 aliphatic rings. The second kappa shape index (κ2) is 9.80. The summed E-state index contributed by atoms with van der Waals surface area (Å²) in [7, 11) is 0. The predicted octanol–water partition coefficient (Wildman–Crippen LogP) is 6.37. The van der Waals surface area contributed by atoms with E-state index in [-0.39, 0.29) is 23.1 Å². The Morgan fingerprint density at radius 2 is 2.03 bits per heavy atom. The monoisotopic (exact) mass is 511 g/mol. The molecule has 2 heterocycles. The van der Waals surface area contributed by atoms with Gasteiger partial charge in [0, 0.05) is 21.9 Å². The van der Waals surface area contributed by atoms with Crippen LogP contribution in [-0.4, -0.2) is 26.5 Å². The molecule has 2 aromatic carbocycles. The highest BCUT2D eigenvalue weighted by molar-refractivity contribution is 8.00. The first-order chi connectivity index (χ1) is 16.4. The normalized spacial score (nSPS) is 18.9. The zero-order valence-electron chi connectivity index (χ0n) is 19.1. The number of carbonyl (C=O) groups excluding carboxylic acids is 1. The van der Waals surface area contributed by atoms with E-state index in [0.29, 0.717) is 21.1 Å². The number of carbonyl (C=O) groups is 1. The highest BCUT2D eigenvalue weighted by Crippen LogP contribution is 2.50. The Hall–Kier alpha value is -2.22. The van der Waals surface area contributed by atoms with Gasteiger partial charge in [-0.2, -0.15) is 0 Å². The molecule has 0 bridgehead atoms. The molecule has 1 aliphatic carbocycles. The average Bonchev–Trinajstić information content (AvgIpc) is 3.19. The van der Waals surface area contributed by atoms with Crippen molar-refractivity contribution in [2.24, 2.45) is 0 Å². The van der Waals surface area contributed by atoms with Gasteiger partial charge in [0.05, 0.1) is 17.0 Å². The second-order valence-corrected chi connectivity index (χ2v) is 11.5. The minimum Gasteiger partial charge on any atom is -0.325 e. The molecular formula is C26H26ClN3O2S2. The van der Waals surface area contributed by atoms with Gasteiger partial charge in [-0.05, 0) is 62.1 Å². The Morgan fingerprint density at radius 1 is 1.21 bits per heavy atom. The van der Waals surface area contributed by atoms with Crippen LogP contribution in [0.5, 0.6) is 0 Å². The van der Waals surface area contributed by atoms with Crippen molar-refractivity contribution < 1.29 is 4.79 Å². The minimum atomic E-state index is -0.170. The standard InChI is InChI=1S/C26H26ClN3O2S2/c1-15-6-5-7-18(12-15)30-25(32)23-19-8-3-4-9-21(19)34-24(23)29-26(30)33-14-22(31)28-17-11-10-16(2)20(27)13-17/h5-7,10-13,19,21H,3-4,8-9,14H2,1-2H3,(H,28,31)/t19-,21-/m1/s1. The van der Waals surface area contributed by atoms with Crippen molar-refractivity contribution in [1.82, 2.24) is 9.55 Å². The summed E-state index contributed by atoms with van der Waals surface area (Å²) in [5.41, 5.74) is 4.33. The third kappa shape index (κ3) is 4.66. The summed E-state index contributed by atoms with van der Waals surface area (Å²) in [6.07, 6.45) is 4.53. The maximum atomic E-state index is 13.8. The fourth-order valence-corrected chi connectivity index (χ4v) is 7.26. The molecule has 0 saturated heterocycles. The van der Waals surface area contributed by atoms with Gasteiger partial charge >= 0.3 is 0 Å². The summed E-state index contributed by atoms with van der Waals surface area (Å²) in [5, 5.41) is 5.33. The molecule has 34 heavy (non-hydrogen) atoms. The van der Waals surface area contributed by atoms with E-state index in [1.807, 2.05) is 50.2 Å². The summed E-state index contributed by atoms with van der Waals surface area (Å²) < 4.78 is 1.70. The number of amides is 1. The minimum absolute atomic E-state index is 0.00530. The van der Waals surface area contributed by atoms with Crippen LogP contribution in [0.1, 0.15) is 48.3 Å². The molecule has 8 heteroatoms. The number of fused-ring (bicyclic) bond motifs is 3. The average molecular weight is 512 g/mol. The zero-order valence-corrected chi connectivity index (χ0v) is 21.5. The molecule has 1 saturated carbocycles. The first-order valence-corrected chi connectivity index (χ1v) is 13.7. The number of anilines is 1. The summed E-state index contributed by atoms with van der Waals surface area (Å²) in [6, 6.07) is 13.3. The van der Waals surface area contributed by atoms with E-state index in [1.54, 1.807) is 22.4 Å². The van der Waals surface area contributed by atoms with Crippen molar-refractivity contribution in [3.63, 3.8) is 0 Å². The Balaban J connectivity index is 1.46. The quantitative estimate of drug-likeness (QED) is 0.245. The van der Waals surface area contributed by atoms with Crippen molar-refractivity contribution in [3.05, 3.63) is 74.5 Å². The van der Waals surface area contributed by atoms with E-state index in [2.05, 4.69) is 5.32 Å². The van der Waals surface area contributed by atoms with E-state index in [1.165, 1.54) is 18.2 Å². The first-order valence-electron chi connectivity index (χ1n) is 11.5. The van der Waals surface area contributed by atoms with Gasteiger partial charge in [-0.3, -0.25) is 14.2 Å². The van der Waals surface area contributed by atoms with Gasteiger partial charge in [0.2, 0.25) is 5.91 Å². The molecule has 1 aliphatic heterocycles. The lowest BCUT2D eigenvalue weighted by molar-refractivity contribution is -0.113. The lowest BCUT2D eigenvalue weighted by atomic mass is 9.85. The first kappa shape index (κ1) is 23.5. The molecule has 0 unspecified atom stereocenters. The van der Waals surface area contributed by atoms with Crippen molar-refractivity contribution in [2.75, 3.05) is 11.1 Å². The molecule has 5 rings (SSSR count). The van der Waals surface area contributed by atoms with Crippen LogP contribution in [0.3, 0.4) is 0 Å². The Morgan fingerprint density at radius 3 is 2.82 bits per heavy atom. The van der Waals surface area contributed by atoms with Crippen molar-refractivity contribution in [1.29, 1.82) is 0 Å². The molecule has 0 radical (unpaired) electrons. The van der Waals surface area contributed by atoms with E-state index >= 15 is 0 Å². The topological polar surface area (TPSA) is 64.0 Å². The van der Waals surface area contributed by atoms with Crippen molar-refractivity contribution in [3.8, 4) is 5.69 Å². The third-order valence-electron chi connectivity index (χ3n) is 6.44. The van der Waals surface area contributed by atoms with Crippen LogP contribution in [0.4, 0.5) is 5.69 Å². The van der Waals surface area contributed by atoms with Crippen LogP contribution < -0.4 is 10.9 Å². The fourth-order valence-electron chi connectivity index (χ4n) is 4.70. The van der Waals surface area contributed by atoms with Gasteiger partial charge in [0.15, 0.2) is 5.16 Å². The zero-order chi connectivity index (χ0) is 23.8. The van der Waals surface area contributed by atoms with Crippen LogP contribution in [-0.2, 0) is 4.79 Å². The number of halogens is 1. The van der Waals surface area contributed by atoms with Crippen LogP contribution in [0.25, 0.3) is 5.69 Å². The number of benzene rings is 2. The third-order valence-corrected chi connectivity index (χ3v) is 9.18. The molecule has 1 amide bonds. The number of thioether (sulfide) groups is 2. The maximum Gasteiger partial charge on any atom is 0.263 e. The molecule has 5 nitrogen and oxygen atoms in total. The molecule has 2 atom stereocenters. The second-order valence-electron chi connectivity index (χ2n) is 8.94. The van der Waals surface area contributed by atoms with E-state index in [9.17, 15) is 9.59 Å². The summed E-state index contributed by atoms with van der Waals surface area (Å²) in [5.74, 6) is 0.246. The molecular weight excluding hydrogens is 486 g/mol. The highest BCUT2D eigenvalue weighted by Gasteiger charge is 2.39. The summed E-state index contributed by atoms with van der Waals surface area (Å²) in [4.78, 5) is 31.5. The number of aromatic nitrogens is 2. The molecule has 1 aromatic heterocycles. The van der Waals surface area contributed by atoms with E-state index in [4.69, 9.17) is 16.6 Å². The lowest BCUT2D eigenvalue weighted by Gasteiger charge is -2.24. The van der Waals surface area contributed by atoms with Crippen molar-refractivity contribution >= 4 is 46.7 Å². The summed E-state index contributed by atoms with van der Waals surface area (Å²) >= 11 is 9.22. The van der Waals surface area contributed by atoms with Crippen LogP contribution >= 0.6 is 35.1 Å². The number of nitrogens with one attached hydrogen (secondary N) is 1. The van der Waals surface area contributed by atoms with Crippen LogP contribution in [0.15, 0.2) is 57.4 Å². The Bertz CT molecular complexity index is 1320. The smallest absolute Gasteiger partial charge is 0.263 e. The molecule has 3 aromatic rings. The van der Waals surface area contributed by atoms with Gasteiger partial charge < -0.3 is 5.32 Å². The summed E-state index contributed by atoms with van der Waals surface area (Å²) in [6.45, 7) is 3.93. The van der Waals surface area contributed by atoms with Gasteiger partial charge in [-0.1, -0.05) is 54.4 Å². The highest BCUT2D eigenvalue weighted by atomic mass is 35.5. The number of rotatable bonds is 5. The lowest BCUT2D eigenvalue weighted by Crippen LogP contribution is -2.29. The number of hydrogen-bond acceptors (Lipinski definition) is 5. The van der Waals surface area contributed by atoms with E-state index < -0.39 is 0 Å². The van der Waals surface area contributed by atoms with Crippen molar-refractivity contribution in [2.45, 2.75) is 60.9 Å². The van der Waals surface area contributed by atoms with Crippen LogP contribution in [0, 0.1) is 13.8 Å². The van der Waals surface area contributed by atoms with Crippen LogP contribution in [0.2, 0.25) is 5.02 Å². The molecule has 1 fully saturated rings. The fraction of sp³-hybridized carbons (Fsp3) is 0.346. The SMILES string of the molecule is Cc1cccc(-n2c(SCC(=O)Nc3ccc(C)c(Cl)c3)nc3c(c2=O)[C@@H]2CCCC[C@H]2S3)c1. The molecule has 0 spiro atoms. The number of hydrogen-bond donors (Lipinski definition) is 1. The largest absolute Gasteiger partial charge is 0.325 e. The number of aryl methyl sites for hydroxylation is 2. The Kier molecular flexibility index (Phi) is 6.78. The predicted molar refractivity (Wildman–Crippen MR) is 141 cm³/mol. The van der Waals surface area contributed by atoms with Gasteiger partial charge in [0.25, 0.3) is 5.56 Å². The Labute approximate surface area is 212 Å². The van der Waals surface area contributed by atoms with Gasteiger partial charge in [-0.15, -0.1) is 11.8 Å². The van der Waals surface area contributed by atoms with Gasteiger partial charge in [-0.25, -0.2) is 4.98 Å². The maximum absolute atomic E-state index is 13.8. The van der Waals surface area contributed by atoms with Gasteiger partial charge in [0.1, 0.15) is 5.03 Å². The number of nitrogens with zero attached hydrogens (tertiary/aromatic N) is 2. The molecule has 1 N–H and O–H groups in total. The van der Waals surface area contributed by atoms with E-state index in [0.717, 1.165) is 46.7 Å². The molecule has 176 valence electrons.